The molecule has 3 rings (SSSR count). The monoisotopic (exact) mass is 267 g/mol. The quantitative estimate of drug-likeness (QED) is 0.611. The fourth-order valence-corrected chi connectivity index (χ4v) is 4.08. The molecule has 0 spiro atoms. The van der Waals surface area contributed by atoms with Gasteiger partial charge in [0, 0.05) is 5.75 Å². The molecule has 0 bridgehead atoms. The van der Waals surface area contributed by atoms with Gasteiger partial charge in [0.25, 0.3) is 0 Å². The molecular formula is C12H13NO4S. The SMILES string of the molecule is CCOC(=O)[C@H]1CS[C@@]2(c3ccco3)CC(=O)N12. The number of furan rings is 1. The molecule has 3 heterocycles. The maximum atomic E-state index is 11.8. The van der Waals surface area contributed by atoms with Crippen molar-refractivity contribution < 1.29 is 18.7 Å². The van der Waals surface area contributed by atoms with Crippen LogP contribution in [0, 0.1) is 0 Å². The number of hydrogen-bond donors (Lipinski definition) is 0. The largest absolute Gasteiger partial charge is 0.466 e. The van der Waals surface area contributed by atoms with Gasteiger partial charge >= 0.3 is 5.97 Å². The zero-order chi connectivity index (χ0) is 12.8. The molecule has 0 radical (unpaired) electrons. The van der Waals surface area contributed by atoms with Crippen molar-refractivity contribution in [2.24, 2.45) is 0 Å². The van der Waals surface area contributed by atoms with Crippen LogP contribution >= 0.6 is 11.8 Å². The Morgan fingerprint density at radius 3 is 3.17 bits per heavy atom. The minimum atomic E-state index is -0.488. The molecule has 6 heteroatoms. The van der Waals surface area contributed by atoms with Crippen LogP contribution in [0.4, 0.5) is 0 Å². The zero-order valence-corrected chi connectivity index (χ0v) is 10.7. The van der Waals surface area contributed by atoms with Gasteiger partial charge in [-0.05, 0) is 19.1 Å². The van der Waals surface area contributed by atoms with Crippen LogP contribution in [0.2, 0.25) is 0 Å². The lowest BCUT2D eigenvalue weighted by atomic mass is 9.96. The summed E-state index contributed by atoms with van der Waals surface area (Å²) < 4.78 is 10.4. The first kappa shape index (κ1) is 11.6. The number of ether oxygens (including phenoxy) is 1. The summed E-state index contributed by atoms with van der Waals surface area (Å²) in [6, 6.07) is 3.16. The van der Waals surface area contributed by atoms with E-state index in [-0.39, 0.29) is 11.9 Å². The predicted octanol–water partition coefficient (Wildman–Crippen LogP) is 1.34. The molecule has 5 nitrogen and oxygen atoms in total. The summed E-state index contributed by atoms with van der Waals surface area (Å²) >= 11 is 1.57. The van der Waals surface area contributed by atoms with Crippen LogP contribution < -0.4 is 0 Å². The summed E-state index contributed by atoms with van der Waals surface area (Å²) in [6.45, 7) is 2.09. The first-order valence-electron chi connectivity index (χ1n) is 5.86. The van der Waals surface area contributed by atoms with Crippen molar-refractivity contribution in [1.29, 1.82) is 0 Å². The highest BCUT2D eigenvalue weighted by Gasteiger charge is 2.63. The molecule has 0 aliphatic carbocycles. The van der Waals surface area contributed by atoms with E-state index in [0.29, 0.717) is 18.8 Å². The van der Waals surface area contributed by atoms with Crippen molar-refractivity contribution in [2.45, 2.75) is 24.3 Å². The van der Waals surface area contributed by atoms with Gasteiger partial charge in [-0.3, -0.25) is 4.79 Å². The van der Waals surface area contributed by atoms with E-state index in [1.807, 2.05) is 6.07 Å². The lowest BCUT2D eigenvalue weighted by Crippen LogP contribution is -2.60. The summed E-state index contributed by atoms with van der Waals surface area (Å²) in [5.41, 5.74) is 0. The fourth-order valence-electron chi connectivity index (χ4n) is 2.51. The smallest absolute Gasteiger partial charge is 0.329 e. The van der Waals surface area contributed by atoms with Crippen molar-refractivity contribution in [3.05, 3.63) is 24.2 Å². The second-order valence-corrected chi connectivity index (χ2v) is 5.58. The predicted molar refractivity (Wildman–Crippen MR) is 64.7 cm³/mol. The maximum Gasteiger partial charge on any atom is 0.329 e. The number of amides is 1. The first-order chi connectivity index (χ1) is 8.69. The molecular weight excluding hydrogens is 254 g/mol. The lowest BCUT2D eigenvalue weighted by molar-refractivity contribution is -0.165. The molecule has 1 amide bonds. The maximum absolute atomic E-state index is 11.8. The third-order valence-corrected chi connectivity index (χ3v) is 4.81. The Balaban J connectivity index is 1.88. The van der Waals surface area contributed by atoms with Crippen LogP contribution in [0.5, 0.6) is 0 Å². The minimum absolute atomic E-state index is 0.0190. The zero-order valence-electron chi connectivity index (χ0n) is 9.92. The highest BCUT2D eigenvalue weighted by molar-refractivity contribution is 8.00. The number of thioether (sulfide) groups is 1. The van der Waals surface area contributed by atoms with Crippen molar-refractivity contribution in [3.63, 3.8) is 0 Å². The molecule has 18 heavy (non-hydrogen) atoms. The third-order valence-electron chi connectivity index (χ3n) is 3.31. The molecule has 0 saturated carbocycles. The van der Waals surface area contributed by atoms with Gasteiger partial charge in [-0.2, -0.15) is 0 Å². The number of rotatable bonds is 3. The van der Waals surface area contributed by atoms with Crippen molar-refractivity contribution in [3.8, 4) is 0 Å². The molecule has 2 atom stereocenters. The summed E-state index contributed by atoms with van der Waals surface area (Å²) in [5.74, 6) is 0.950. The third kappa shape index (κ3) is 1.41. The number of hydrogen-bond acceptors (Lipinski definition) is 5. The van der Waals surface area contributed by atoms with Crippen molar-refractivity contribution in [2.75, 3.05) is 12.4 Å². The van der Waals surface area contributed by atoms with Crippen LogP contribution in [0.15, 0.2) is 22.8 Å². The number of esters is 1. The van der Waals surface area contributed by atoms with Gasteiger partial charge in [0.1, 0.15) is 11.8 Å². The number of carbonyl (C=O) groups is 2. The molecule has 96 valence electrons. The van der Waals surface area contributed by atoms with Gasteiger partial charge in [0.05, 0.1) is 19.3 Å². The molecule has 1 aromatic heterocycles. The van der Waals surface area contributed by atoms with Crippen LogP contribution in [0.25, 0.3) is 0 Å². The van der Waals surface area contributed by atoms with Crippen LogP contribution in [-0.4, -0.2) is 35.2 Å². The normalized spacial score (nSPS) is 29.9. The number of fused-ring (bicyclic) bond motifs is 1. The lowest BCUT2D eigenvalue weighted by Gasteiger charge is -2.46. The topological polar surface area (TPSA) is 59.8 Å². The van der Waals surface area contributed by atoms with E-state index in [1.165, 1.54) is 0 Å². The van der Waals surface area contributed by atoms with E-state index in [2.05, 4.69) is 0 Å². The average molecular weight is 267 g/mol. The number of β-lactam (4-membered cyclic amide) rings is 1. The standard InChI is InChI=1S/C12H13NO4S/c1-2-16-11(15)8-7-18-12(6-10(14)13(8)12)9-4-3-5-17-9/h3-5,8H,2,6-7H2,1H3/t8-,12-/m1/s1. The fraction of sp³-hybridized carbons (Fsp3) is 0.500. The summed E-state index contributed by atoms with van der Waals surface area (Å²) in [4.78, 5) is 24.7. The van der Waals surface area contributed by atoms with Gasteiger partial charge < -0.3 is 14.1 Å². The van der Waals surface area contributed by atoms with E-state index in [1.54, 1.807) is 35.9 Å². The van der Waals surface area contributed by atoms with E-state index < -0.39 is 10.9 Å². The Bertz CT molecular complexity index is 486. The second kappa shape index (κ2) is 4.05. The highest BCUT2D eigenvalue weighted by Crippen LogP contribution is 2.56. The van der Waals surface area contributed by atoms with Crippen LogP contribution in [-0.2, 0) is 19.2 Å². The molecule has 1 aromatic rings. The van der Waals surface area contributed by atoms with Gasteiger partial charge in [-0.25, -0.2) is 4.79 Å². The van der Waals surface area contributed by atoms with E-state index >= 15 is 0 Å². The minimum Gasteiger partial charge on any atom is -0.466 e. The van der Waals surface area contributed by atoms with Gasteiger partial charge in [0.2, 0.25) is 5.91 Å². The molecule has 2 aliphatic rings. The Morgan fingerprint density at radius 1 is 1.72 bits per heavy atom. The van der Waals surface area contributed by atoms with Gasteiger partial charge in [-0.15, -0.1) is 11.8 Å². The van der Waals surface area contributed by atoms with E-state index in [9.17, 15) is 9.59 Å². The Kier molecular flexibility index (Phi) is 2.62. The average Bonchev–Trinajstić information content (AvgIpc) is 2.93. The molecule has 2 saturated heterocycles. The van der Waals surface area contributed by atoms with E-state index in [0.717, 1.165) is 5.76 Å². The molecule has 0 unspecified atom stereocenters. The Morgan fingerprint density at radius 2 is 2.56 bits per heavy atom. The second-order valence-electron chi connectivity index (χ2n) is 4.28. The molecule has 0 aromatic carbocycles. The molecule has 2 aliphatic heterocycles. The number of nitrogens with zero attached hydrogens (tertiary/aromatic N) is 1. The Labute approximate surface area is 108 Å². The Hall–Kier alpha value is -1.43. The number of carbonyl (C=O) groups excluding carboxylic acids is 2. The summed E-state index contributed by atoms with van der Waals surface area (Å²) in [7, 11) is 0. The highest BCUT2D eigenvalue weighted by atomic mass is 32.2. The van der Waals surface area contributed by atoms with Crippen LogP contribution in [0.1, 0.15) is 19.1 Å². The first-order valence-corrected chi connectivity index (χ1v) is 6.84. The molecule has 0 N–H and O–H groups in total. The van der Waals surface area contributed by atoms with Gasteiger partial charge in [0.15, 0.2) is 4.87 Å². The molecule has 2 fully saturated rings. The summed E-state index contributed by atoms with van der Waals surface area (Å²) in [6.07, 6.45) is 1.98. The van der Waals surface area contributed by atoms with Crippen molar-refractivity contribution in [1.82, 2.24) is 4.90 Å². The van der Waals surface area contributed by atoms with Crippen molar-refractivity contribution >= 4 is 23.6 Å². The van der Waals surface area contributed by atoms with E-state index in [4.69, 9.17) is 9.15 Å². The summed E-state index contributed by atoms with van der Waals surface area (Å²) in [5, 5.41) is 0. The van der Waals surface area contributed by atoms with Gasteiger partial charge in [-0.1, -0.05) is 0 Å². The van der Waals surface area contributed by atoms with Crippen LogP contribution in [0.3, 0.4) is 0 Å².